The first kappa shape index (κ1) is 11.6. The minimum atomic E-state index is -0.274. The molecule has 0 aromatic heterocycles. The Labute approximate surface area is 102 Å². The smallest absolute Gasteiger partial charge is 0.309 e. The Kier molecular flexibility index (Phi) is 3.28. The highest BCUT2D eigenvalue weighted by atomic mass is 79.9. The third-order valence-corrected chi connectivity index (χ3v) is 3.43. The van der Waals surface area contributed by atoms with Crippen LogP contribution in [0.4, 0.5) is 4.39 Å². The Morgan fingerprint density at radius 3 is 3.00 bits per heavy atom. The predicted octanol–water partition coefficient (Wildman–Crippen LogP) is 3.25. The first-order valence-corrected chi connectivity index (χ1v) is 6.04. The summed E-state index contributed by atoms with van der Waals surface area (Å²) in [4.78, 5) is 11.5. The van der Waals surface area contributed by atoms with Crippen molar-refractivity contribution in [3.8, 4) is 0 Å². The van der Waals surface area contributed by atoms with Gasteiger partial charge in [0.05, 0.1) is 12.5 Å². The fourth-order valence-corrected chi connectivity index (χ4v) is 2.50. The van der Waals surface area contributed by atoms with Crippen molar-refractivity contribution in [1.29, 1.82) is 0 Å². The fraction of sp³-hybridized carbons (Fsp3) is 0.417. The van der Waals surface area contributed by atoms with Crippen LogP contribution in [0.5, 0.6) is 0 Å². The summed E-state index contributed by atoms with van der Waals surface area (Å²) in [6.07, 6.45) is 0.795. The number of hydrogen-bond acceptors (Lipinski definition) is 2. The van der Waals surface area contributed by atoms with Crippen molar-refractivity contribution in [3.63, 3.8) is 0 Å². The van der Waals surface area contributed by atoms with Gasteiger partial charge in [0.25, 0.3) is 0 Å². The molecule has 2 nitrogen and oxygen atoms in total. The summed E-state index contributed by atoms with van der Waals surface area (Å²) < 4.78 is 18.6. The molecular weight excluding hydrogens is 275 g/mol. The molecule has 86 valence electrons. The average Bonchev–Trinajstić information content (AvgIpc) is 2.98. The summed E-state index contributed by atoms with van der Waals surface area (Å²) in [7, 11) is 0. The Morgan fingerprint density at radius 2 is 2.38 bits per heavy atom. The number of ether oxygens (including phenoxy) is 1. The van der Waals surface area contributed by atoms with E-state index in [9.17, 15) is 9.18 Å². The summed E-state index contributed by atoms with van der Waals surface area (Å²) >= 11 is 3.31. The number of rotatable bonds is 3. The molecule has 0 N–H and O–H groups in total. The maximum Gasteiger partial charge on any atom is 0.309 e. The molecule has 2 rings (SSSR count). The van der Waals surface area contributed by atoms with E-state index >= 15 is 0 Å². The molecule has 1 fully saturated rings. The SMILES string of the molecule is CCOC(=O)[C@@H]1C[C@H]1c1ccc(F)cc1Br. The lowest BCUT2D eigenvalue weighted by molar-refractivity contribution is -0.144. The van der Waals surface area contributed by atoms with Crippen LogP contribution < -0.4 is 0 Å². The summed E-state index contributed by atoms with van der Waals surface area (Å²) in [5.74, 6) is -0.302. The standard InChI is InChI=1S/C12H12BrFO2/c1-2-16-12(15)10-6-9(10)8-4-3-7(14)5-11(8)13/h3-5,9-10H,2,6H2,1H3/t9-,10+/m0/s1. The largest absolute Gasteiger partial charge is 0.466 e. The Balaban J connectivity index is 2.08. The van der Waals surface area contributed by atoms with E-state index in [1.165, 1.54) is 12.1 Å². The molecule has 1 aliphatic rings. The van der Waals surface area contributed by atoms with Gasteiger partial charge in [0.2, 0.25) is 0 Å². The van der Waals surface area contributed by atoms with Crippen molar-refractivity contribution >= 4 is 21.9 Å². The topological polar surface area (TPSA) is 26.3 Å². The van der Waals surface area contributed by atoms with Crippen LogP contribution in [-0.4, -0.2) is 12.6 Å². The zero-order valence-corrected chi connectivity index (χ0v) is 10.5. The highest BCUT2D eigenvalue weighted by Crippen LogP contribution is 2.50. The zero-order chi connectivity index (χ0) is 11.7. The molecule has 1 saturated carbocycles. The third kappa shape index (κ3) is 2.26. The number of hydrogen-bond donors (Lipinski definition) is 0. The van der Waals surface area contributed by atoms with E-state index in [1.807, 2.05) is 0 Å². The number of carbonyl (C=O) groups excluding carboxylic acids is 1. The van der Waals surface area contributed by atoms with Gasteiger partial charge >= 0.3 is 5.97 Å². The minimum Gasteiger partial charge on any atom is -0.466 e. The quantitative estimate of drug-likeness (QED) is 0.798. The molecule has 0 saturated heterocycles. The van der Waals surface area contributed by atoms with E-state index in [0.29, 0.717) is 6.61 Å². The van der Waals surface area contributed by atoms with Crippen molar-refractivity contribution in [2.24, 2.45) is 5.92 Å². The molecule has 0 spiro atoms. The first-order valence-electron chi connectivity index (χ1n) is 5.25. The molecule has 0 aliphatic heterocycles. The molecule has 0 amide bonds. The van der Waals surface area contributed by atoms with Crippen molar-refractivity contribution in [2.45, 2.75) is 19.3 Å². The number of esters is 1. The van der Waals surface area contributed by atoms with E-state index in [4.69, 9.17) is 4.74 Å². The van der Waals surface area contributed by atoms with Crippen LogP contribution in [0.3, 0.4) is 0 Å². The lowest BCUT2D eigenvalue weighted by Crippen LogP contribution is -2.07. The van der Waals surface area contributed by atoms with Crippen LogP contribution in [0.15, 0.2) is 22.7 Å². The maximum absolute atomic E-state index is 12.9. The number of carbonyl (C=O) groups is 1. The van der Waals surface area contributed by atoms with Crippen molar-refractivity contribution in [1.82, 2.24) is 0 Å². The maximum atomic E-state index is 12.9. The van der Waals surface area contributed by atoms with E-state index in [1.54, 1.807) is 13.0 Å². The van der Waals surface area contributed by atoms with Gasteiger partial charge in [-0.05, 0) is 37.0 Å². The fourth-order valence-electron chi connectivity index (χ4n) is 1.85. The monoisotopic (exact) mass is 286 g/mol. The summed E-state index contributed by atoms with van der Waals surface area (Å²) in [5, 5.41) is 0. The van der Waals surface area contributed by atoms with Crippen LogP contribution in [-0.2, 0) is 9.53 Å². The number of benzene rings is 1. The second-order valence-corrected chi connectivity index (χ2v) is 4.72. The van der Waals surface area contributed by atoms with Gasteiger partial charge in [0.15, 0.2) is 0 Å². The lowest BCUT2D eigenvalue weighted by Gasteiger charge is -2.04. The van der Waals surface area contributed by atoms with Gasteiger partial charge in [-0.1, -0.05) is 22.0 Å². The van der Waals surface area contributed by atoms with Gasteiger partial charge in [0.1, 0.15) is 5.82 Å². The molecule has 0 bridgehead atoms. The van der Waals surface area contributed by atoms with Gasteiger partial charge in [-0.25, -0.2) is 4.39 Å². The van der Waals surface area contributed by atoms with Crippen molar-refractivity contribution in [3.05, 3.63) is 34.1 Å². The highest BCUT2D eigenvalue weighted by Gasteiger charge is 2.45. The molecule has 1 aromatic carbocycles. The van der Waals surface area contributed by atoms with E-state index in [0.717, 1.165) is 16.5 Å². The second kappa shape index (κ2) is 4.53. The minimum absolute atomic E-state index is 0.0540. The van der Waals surface area contributed by atoms with Gasteiger partial charge in [-0.15, -0.1) is 0 Å². The Morgan fingerprint density at radius 1 is 1.62 bits per heavy atom. The molecule has 0 radical (unpaired) electrons. The zero-order valence-electron chi connectivity index (χ0n) is 8.87. The normalized spacial score (nSPS) is 22.9. The average molecular weight is 287 g/mol. The van der Waals surface area contributed by atoms with Crippen LogP contribution in [0.1, 0.15) is 24.8 Å². The molecule has 0 unspecified atom stereocenters. The van der Waals surface area contributed by atoms with Crippen molar-refractivity contribution in [2.75, 3.05) is 6.61 Å². The molecule has 1 aromatic rings. The summed E-state index contributed by atoms with van der Waals surface area (Å²) in [6, 6.07) is 4.57. The Hall–Kier alpha value is -0.900. The highest BCUT2D eigenvalue weighted by molar-refractivity contribution is 9.10. The molecule has 16 heavy (non-hydrogen) atoms. The van der Waals surface area contributed by atoms with Crippen LogP contribution in [0.2, 0.25) is 0 Å². The lowest BCUT2D eigenvalue weighted by atomic mass is 10.1. The summed E-state index contributed by atoms with van der Waals surface area (Å²) in [6.45, 7) is 2.20. The first-order chi connectivity index (χ1) is 7.63. The van der Waals surface area contributed by atoms with Crippen molar-refractivity contribution < 1.29 is 13.9 Å². The van der Waals surface area contributed by atoms with Crippen LogP contribution >= 0.6 is 15.9 Å². The molecule has 0 heterocycles. The molecule has 2 atom stereocenters. The molecular formula is C12H12BrFO2. The predicted molar refractivity (Wildman–Crippen MR) is 61.6 cm³/mol. The van der Waals surface area contributed by atoms with Gasteiger partial charge in [-0.2, -0.15) is 0 Å². The van der Waals surface area contributed by atoms with Gasteiger partial charge in [-0.3, -0.25) is 4.79 Å². The van der Waals surface area contributed by atoms with Crippen LogP contribution in [0, 0.1) is 11.7 Å². The third-order valence-electron chi connectivity index (χ3n) is 2.74. The van der Waals surface area contributed by atoms with Gasteiger partial charge in [0, 0.05) is 4.47 Å². The van der Waals surface area contributed by atoms with Crippen LogP contribution in [0.25, 0.3) is 0 Å². The second-order valence-electron chi connectivity index (χ2n) is 3.87. The molecule has 4 heteroatoms. The summed E-state index contributed by atoms with van der Waals surface area (Å²) in [5.41, 5.74) is 0.986. The van der Waals surface area contributed by atoms with E-state index in [-0.39, 0.29) is 23.6 Å². The Bertz CT molecular complexity index is 419. The van der Waals surface area contributed by atoms with Gasteiger partial charge < -0.3 is 4.74 Å². The van der Waals surface area contributed by atoms with E-state index < -0.39 is 0 Å². The number of halogens is 2. The van der Waals surface area contributed by atoms with E-state index in [2.05, 4.69) is 15.9 Å². The molecule has 1 aliphatic carbocycles.